The molecule has 264 valence electrons. The molecule has 0 rings (SSSR count). The van der Waals surface area contributed by atoms with Crippen molar-refractivity contribution in [3.63, 3.8) is 0 Å². The van der Waals surface area contributed by atoms with Gasteiger partial charge in [-0.15, -0.1) is 0 Å². The van der Waals surface area contributed by atoms with Gasteiger partial charge in [0, 0.05) is 13.0 Å². The molecular weight excluding hydrogens is 575 g/mol. The largest absolute Gasteiger partial charge is 0.472 e. The first kappa shape index (κ1) is 43.5. The molecule has 0 aromatic heterocycles. The lowest BCUT2D eigenvalue weighted by atomic mass is 10.0. The van der Waals surface area contributed by atoms with Gasteiger partial charge in [0.25, 0.3) is 0 Å². The van der Waals surface area contributed by atoms with Gasteiger partial charge in [-0.3, -0.25) is 13.8 Å². The van der Waals surface area contributed by atoms with Crippen molar-refractivity contribution in [1.82, 2.24) is 5.32 Å². The molecule has 9 heteroatoms. The van der Waals surface area contributed by atoms with E-state index in [1.165, 1.54) is 122 Å². The highest BCUT2D eigenvalue weighted by Gasteiger charge is 2.27. The Labute approximate surface area is 272 Å². The molecule has 0 aromatic carbocycles. The van der Waals surface area contributed by atoms with Gasteiger partial charge in [-0.05, 0) is 12.8 Å². The Hall–Kier alpha value is -0.500. The fraction of sp³-hybridized carbons (Fsp3) is 0.971. The number of unbranched alkanes of at least 4 members (excludes halogenated alkanes) is 23. The van der Waals surface area contributed by atoms with Crippen LogP contribution in [-0.2, 0) is 18.4 Å². The second-order valence-corrected chi connectivity index (χ2v) is 14.3. The number of rotatable bonds is 35. The summed E-state index contributed by atoms with van der Waals surface area (Å²) < 4.78 is 22.0. The van der Waals surface area contributed by atoms with Crippen LogP contribution in [0.2, 0.25) is 0 Å². The highest BCUT2D eigenvalue weighted by Crippen LogP contribution is 2.43. The molecule has 0 heterocycles. The first-order valence-electron chi connectivity index (χ1n) is 18.7. The normalized spacial score (nSPS) is 14.4. The van der Waals surface area contributed by atoms with Crippen LogP contribution in [-0.4, -0.2) is 47.8 Å². The molecule has 0 aromatic rings. The van der Waals surface area contributed by atoms with Gasteiger partial charge in [-0.1, -0.05) is 168 Å². The van der Waals surface area contributed by atoms with E-state index in [-0.39, 0.29) is 25.7 Å². The van der Waals surface area contributed by atoms with Crippen LogP contribution in [0.1, 0.15) is 187 Å². The monoisotopic (exact) mass is 649 g/mol. The minimum absolute atomic E-state index is 0.0920. The maximum absolute atomic E-state index is 12.7. The van der Waals surface area contributed by atoms with E-state index in [2.05, 4.69) is 19.2 Å². The summed E-state index contributed by atoms with van der Waals surface area (Å²) >= 11 is 0. The minimum atomic E-state index is -4.30. The molecular formula is C35H73N2O6P. The van der Waals surface area contributed by atoms with Gasteiger partial charge in [0.15, 0.2) is 0 Å². The van der Waals surface area contributed by atoms with Crippen molar-refractivity contribution in [2.75, 3.05) is 19.8 Å². The fourth-order valence-electron chi connectivity index (χ4n) is 5.61. The summed E-state index contributed by atoms with van der Waals surface area (Å²) in [5, 5.41) is 13.7. The molecule has 0 radical (unpaired) electrons. The molecule has 0 bridgehead atoms. The second kappa shape index (κ2) is 32.4. The number of hydrogen-bond acceptors (Lipinski definition) is 6. The van der Waals surface area contributed by atoms with Gasteiger partial charge < -0.3 is 21.1 Å². The third-order valence-electron chi connectivity index (χ3n) is 8.46. The molecule has 8 nitrogen and oxygen atoms in total. The van der Waals surface area contributed by atoms with Crippen LogP contribution in [0.25, 0.3) is 0 Å². The molecule has 0 saturated heterocycles. The topological polar surface area (TPSA) is 131 Å². The molecule has 0 aliphatic carbocycles. The molecule has 3 atom stereocenters. The van der Waals surface area contributed by atoms with Crippen molar-refractivity contribution in [3.05, 3.63) is 0 Å². The van der Waals surface area contributed by atoms with Crippen molar-refractivity contribution in [2.24, 2.45) is 5.73 Å². The van der Waals surface area contributed by atoms with E-state index in [1.54, 1.807) is 0 Å². The van der Waals surface area contributed by atoms with Crippen LogP contribution >= 0.6 is 7.82 Å². The van der Waals surface area contributed by atoms with Gasteiger partial charge in [0.1, 0.15) is 0 Å². The number of amides is 1. The zero-order chi connectivity index (χ0) is 32.6. The van der Waals surface area contributed by atoms with Gasteiger partial charge in [-0.25, -0.2) is 4.57 Å². The molecule has 1 unspecified atom stereocenters. The zero-order valence-corrected chi connectivity index (χ0v) is 29.8. The van der Waals surface area contributed by atoms with Crippen molar-refractivity contribution >= 4 is 13.7 Å². The van der Waals surface area contributed by atoms with Crippen molar-refractivity contribution in [2.45, 2.75) is 199 Å². The number of nitrogens with two attached hydrogens (primary N) is 1. The number of phosphoric ester groups is 1. The standard InChI is InChI=1S/C35H73N2O6P/c1-3-5-7-9-11-13-15-16-17-18-19-21-23-25-27-29-35(39)37-33(32-43-44(40,41)42-31-30-36)34(38)28-26-24-22-20-14-12-10-8-6-4-2/h33-34,38H,3-32,36H2,1-2H3,(H,37,39)(H,40,41)/t33-,34+/m0/s1. The Morgan fingerprint density at radius 2 is 1.05 bits per heavy atom. The van der Waals surface area contributed by atoms with Crippen LogP contribution in [0.3, 0.4) is 0 Å². The van der Waals surface area contributed by atoms with Gasteiger partial charge in [0.05, 0.1) is 25.4 Å². The first-order valence-corrected chi connectivity index (χ1v) is 20.1. The summed E-state index contributed by atoms with van der Waals surface area (Å²) in [5.41, 5.74) is 5.35. The van der Waals surface area contributed by atoms with E-state index >= 15 is 0 Å². The Morgan fingerprint density at radius 1 is 0.659 bits per heavy atom. The van der Waals surface area contributed by atoms with Crippen LogP contribution in [0.15, 0.2) is 0 Å². The van der Waals surface area contributed by atoms with E-state index in [9.17, 15) is 19.4 Å². The van der Waals surface area contributed by atoms with Gasteiger partial charge >= 0.3 is 7.82 Å². The molecule has 0 aliphatic heterocycles. The average molecular weight is 649 g/mol. The number of hydrogen-bond donors (Lipinski definition) is 4. The van der Waals surface area contributed by atoms with Crippen LogP contribution < -0.4 is 11.1 Å². The van der Waals surface area contributed by atoms with Crippen LogP contribution in [0.4, 0.5) is 0 Å². The third kappa shape index (κ3) is 30.2. The van der Waals surface area contributed by atoms with E-state index in [0.717, 1.165) is 38.5 Å². The predicted octanol–water partition coefficient (Wildman–Crippen LogP) is 9.50. The predicted molar refractivity (Wildman–Crippen MR) is 185 cm³/mol. The zero-order valence-electron chi connectivity index (χ0n) is 28.9. The molecule has 0 aliphatic rings. The number of aliphatic hydroxyl groups excluding tert-OH is 1. The van der Waals surface area contributed by atoms with E-state index in [0.29, 0.717) is 12.8 Å². The number of phosphoric acid groups is 1. The molecule has 5 N–H and O–H groups in total. The van der Waals surface area contributed by atoms with Gasteiger partial charge in [0.2, 0.25) is 5.91 Å². The third-order valence-corrected chi connectivity index (χ3v) is 9.45. The Balaban J connectivity index is 4.20. The average Bonchev–Trinajstić information content (AvgIpc) is 3.01. The summed E-state index contributed by atoms with van der Waals surface area (Å²) in [6, 6.07) is -0.764. The highest BCUT2D eigenvalue weighted by atomic mass is 31.2. The maximum atomic E-state index is 12.7. The molecule has 44 heavy (non-hydrogen) atoms. The number of nitrogens with one attached hydrogen (secondary N) is 1. The molecule has 0 saturated carbocycles. The smallest absolute Gasteiger partial charge is 0.391 e. The summed E-state index contributed by atoms with van der Waals surface area (Å²) in [6.07, 6.45) is 31.0. The lowest BCUT2D eigenvalue weighted by molar-refractivity contribution is -0.123. The van der Waals surface area contributed by atoms with E-state index < -0.39 is 20.0 Å². The number of carbonyl (C=O) groups excluding carboxylic acids is 1. The fourth-order valence-corrected chi connectivity index (χ4v) is 6.37. The van der Waals surface area contributed by atoms with Crippen LogP contribution in [0.5, 0.6) is 0 Å². The van der Waals surface area contributed by atoms with E-state index in [1.807, 2.05) is 0 Å². The van der Waals surface area contributed by atoms with Crippen molar-refractivity contribution in [3.8, 4) is 0 Å². The maximum Gasteiger partial charge on any atom is 0.472 e. The lowest BCUT2D eigenvalue weighted by Crippen LogP contribution is -2.46. The van der Waals surface area contributed by atoms with Crippen molar-refractivity contribution in [1.29, 1.82) is 0 Å². The second-order valence-electron chi connectivity index (χ2n) is 12.8. The Kier molecular flexibility index (Phi) is 32.1. The quantitative estimate of drug-likeness (QED) is 0.0398. The minimum Gasteiger partial charge on any atom is -0.391 e. The molecule has 1 amide bonds. The SMILES string of the molecule is CCCCCCCCCCCCCCCCCC(=O)N[C@@H](COP(=O)(O)OCCN)[C@H](O)CCCCCCCCCCCC. The summed E-state index contributed by atoms with van der Waals surface area (Å²) in [4.78, 5) is 22.6. The molecule has 0 fully saturated rings. The summed E-state index contributed by atoms with van der Waals surface area (Å²) in [7, 11) is -4.30. The molecule has 0 spiro atoms. The number of carbonyl (C=O) groups is 1. The Morgan fingerprint density at radius 3 is 1.45 bits per heavy atom. The number of aliphatic hydroxyl groups is 1. The lowest BCUT2D eigenvalue weighted by Gasteiger charge is -2.25. The summed E-state index contributed by atoms with van der Waals surface area (Å²) in [5.74, 6) is -0.161. The van der Waals surface area contributed by atoms with Crippen LogP contribution in [0, 0.1) is 0 Å². The van der Waals surface area contributed by atoms with E-state index in [4.69, 9.17) is 14.8 Å². The van der Waals surface area contributed by atoms with Gasteiger partial charge in [-0.2, -0.15) is 0 Å². The first-order chi connectivity index (χ1) is 21.4. The van der Waals surface area contributed by atoms with Crippen molar-refractivity contribution < 1.29 is 28.4 Å². The summed E-state index contributed by atoms with van der Waals surface area (Å²) in [6.45, 7) is 4.19. The highest BCUT2D eigenvalue weighted by molar-refractivity contribution is 7.47. The Bertz CT molecular complexity index is 669.